The molecule has 1 saturated heterocycles. The van der Waals surface area contributed by atoms with Crippen molar-refractivity contribution in [3.63, 3.8) is 0 Å². The fraction of sp³-hybridized carbons (Fsp3) is 0.435. The van der Waals surface area contributed by atoms with Crippen LogP contribution in [0.2, 0.25) is 0 Å². The Kier molecular flexibility index (Phi) is 5.84. The van der Waals surface area contributed by atoms with Crippen LogP contribution in [-0.4, -0.2) is 36.3 Å². The number of carbonyl (C=O) groups excluding carboxylic acids is 1. The highest BCUT2D eigenvalue weighted by atomic mass is 32.2. The number of benzene rings is 1. The minimum absolute atomic E-state index is 0.238. The van der Waals surface area contributed by atoms with Crippen LogP contribution < -0.4 is 5.32 Å². The Labute approximate surface area is 178 Å². The smallest absolute Gasteiger partial charge is 0.248 e. The minimum atomic E-state index is -3.46. The molecule has 1 aromatic heterocycles. The van der Waals surface area contributed by atoms with Crippen molar-refractivity contribution in [2.45, 2.75) is 56.9 Å². The van der Waals surface area contributed by atoms with E-state index in [1.165, 1.54) is 30.3 Å². The lowest BCUT2D eigenvalue weighted by atomic mass is 10.2. The standard InChI is InChI=1S/C23H29N3O3S/c1-17-16-19(18(2)26(17)21-9-10-21)6-13-23(27)24-20-7-11-22(12-8-20)30(28,29)25-14-4-3-5-15-25/h6-8,11-13,16,21H,3-5,9-10,14-15H2,1-2H3,(H,24,27)/b13-6+. The average molecular weight is 428 g/mol. The maximum absolute atomic E-state index is 12.7. The molecule has 2 fully saturated rings. The van der Waals surface area contributed by atoms with Gasteiger partial charge in [0, 0.05) is 42.3 Å². The zero-order chi connectivity index (χ0) is 21.3. The lowest BCUT2D eigenvalue weighted by Crippen LogP contribution is -2.35. The first-order valence-corrected chi connectivity index (χ1v) is 12.1. The Morgan fingerprint density at radius 3 is 2.37 bits per heavy atom. The maximum Gasteiger partial charge on any atom is 0.248 e. The van der Waals surface area contributed by atoms with Crippen molar-refractivity contribution in [1.82, 2.24) is 8.87 Å². The van der Waals surface area contributed by atoms with Crippen LogP contribution >= 0.6 is 0 Å². The van der Waals surface area contributed by atoms with Crippen LogP contribution in [0.1, 0.15) is 55.1 Å². The first-order valence-electron chi connectivity index (χ1n) is 10.6. The normalized spacial score (nSPS) is 18.1. The summed E-state index contributed by atoms with van der Waals surface area (Å²) in [4.78, 5) is 12.6. The molecule has 1 aromatic carbocycles. The molecular formula is C23H29N3O3S. The zero-order valence-electron chi connectivity index (χ0n) is 17.6. The summed E-state index contributed by atoms with van der Waals surface area (Å²) in [6.07, 6.45) is 8.70. The number of sulfonamides is 1. The van der Waals surface area contributed by atoms with Crippen molar-refractivity contribution in [2.75, 3.05) is 18.4 Å². The summed E-state index contributed by atoms with van der Waals surface area (Å²) in [5.41, 5.74) is 4.04. The van der Waals surface area contributed by atoms with Gasteiger partial charge in [0.15, 0.2) is 0 Å². The lowest BCUT2D eigenvalue weighted by Gasteiger charge is -2.25. The van der Waals surface area contributed by atoms with E-state index < -0.39 is 10.0 Å². The number of carbonyl (C=O) groups is 1. The fourth-order valence-corrected chi connectivity index (χ4v) is 5.70. The predicted molar refractivity (Wildman–Crippen MR) is 119 cm³/mol. The van der Waals surface area contributed by atoms with E-state index in [-0.39, 0.29) is 10.8 Å². The fourth-order valence-electron chi connectivity index (χ4n) is 4.18. The van der Waals surface area contributed by atoms with E-state index in [2.05, 4.69) is 29.8 Å². The molecule has 6 nitrogen and oxygen atoms in total. The third kappa shape index (κ3) is 4.37. The monoisotopic (exact) mass is 427 g/mol. The summed E-state index contributed by atoms with van der Waals surface area (Å²) in [5, 5.41) is 2.81. The SMILES string of the molecule is Cc1cc(/C=C/C(=O)Nc2ccc(S(=O)(=O)N3CCCCC3)cc2)c(C)n1C1CC1. The summed E-state index contributed by atoms with van der Waals surface area (Å²) in [7, 11) is -3.46. The first-order chi connectivity index (χ1) is 14.4. The van der Waals surface area contributed by atoms with Crippen LogP contribution in [0.5, 0.6) is 0 Å². The Morgan fingerprint density at radius 2 is 1.73 bits per heavy atom. The molecule has 0 radical (unpaired) electrons. The molecule has 1 N–H and O–H groups in total. The summed E-state index contributed by atoms with van der Waals surface area (Å²) >= 11 is 0. The molecule has 7 heteroatoms. The molecule has 2 aliphatic rings. The summed E-state index contributed by atoms with van der Waals surface area (Å²) < 4.78 is 29.3. The molecule has 2 heterocycles. The van der Waals surface area contributed by atoms with Crippen molar-refractivity contribution in [3.8, 4) is 0 Å². The highest BCUT2D eigenvalue weighted by Gasteiger charge is 2.27. The molecule has 0 unspecified atom stereocenters. The molecule has 1 saturated carbocycles. The number of nitrogens with zero attached hydrogens (tertiary/aromatic N) is 2. The largest absolute Gasteiger partial charge is 0.346 e. The number of anilines is 1. The summed E-state index contributed by atoms with van der Waals surface area (Å²) in [6.45, 7) is 5.34. The average Bonchev–Trinajstić information content (AvgIpc) is 3.52. The van der Waals surface area contributed by atoms with Gasteiger partial charge in [-0.25, -0.2) is 8.42 Å². The summed E-state index contributed by atoms with van der Waals surface area (Å²) in [5.74, 6) is -0.238. The lowest BCUT2D eigenvalue weighted by molar-refractivity contribution is -0.111. The molecule has 1 amide bonds. The van der Waals surface area contributed by atoms with E-state index in [1.54, 1.807) is 28.6 Å². The van der Waals surface area contributed by atoms with E-state index in [9.17, 15) is 13.2 Å². The highest BCUT2D eigenvalue weighted by Crippen LogP contribution is 2.38. The van der Waals surface area contributed by atoms with Crippen LogP contribution in [0.15, 0.2) is 41.3 Å². The molecule has 0 spiro atoms. The van der Waals surface area contributed by atoms with Crippen LogP contribution in [-0.2, 0) is 14.8 Å². The highest BCUT2D eigenvalue weighted by molar-refractivity contribution is 7.89. The van der Waals surface area contributed by atoms with Crippen molar-refractivity contribution in [1.29, 1.82) is 0 Å². The number of rotatable bonds is 6. The van der Waals surface area contributed by atoms with Gasteiger partial charge in [0.2, 0.25) is 15.9 Å². The minimum Gasteiger partial charge on any atom is -0.346 e. The van der Waals surface area contributed by atoms with Crippen molar-refractivity contribution in [3.05, 3.63) is 53.4 Å². The van der Waals surface area contributed by atoms with Gasteiger partial charge in [-0.1, -0.05) is 6.42 Å². The van der Waals surface area contributed by atoms with E-state index in [0.717, 1.165) is 24.8 Å². The van der Waals surface area contributed by atoms with Gasteiger partial charge in [-0.2, -0.15) is 4.31 Å². The van der Waals surface area contributed by atoms with Gasteiger partial charge < -0.3 is 9.88 Å². The molecule has 2 aromatic rings. The Balaban J connectivity index is 1.40. The Bertz CT molecular complexity index is 1060. The molecule has 30 heavy (non-hydrogen) atoms. The van der Waals surface area contributed by atoms with Gasteiger partial charge in [0.1, 0.15) is 0 Å². The summed E-state index contributed by atoms with van der Waals surface area (Å²) in [6, 6.07) is 9.13. The second-order valence-electron chi connectivity index (χ2n) is 8.24. The molecule has 160 valence electrons. The molecule has 0 bridgehead atoms. The van der Waals surface area contributed by atoms with E-state index in [0.29, 0.717) is 24.8 Å². The van der Waals surface area contributed by atoms with Crippen molar-refractivity contribution in [2.24, 2.45) is 0 Å². The van der Waals surface area contributed by atoms with E-state index in [4.69, 9.17) is 0 Å². The molecule has 1 aliphatic carbocycles. The number of nitrogens with one attached hydrogen (secondary N) is 1. The van der Waals surface area contributed by atoms with Gasteiger partial charge in [0.25, 0.3) is 0 Å². The third-order valence-corrected chi connectivity index (χ3v) is 7.84. The van der Waals surface area contributed by atoms with Gasteiger partial charge in [0.05, 0.1) is 4.90 Å². The number of aryl methyl sites for hydroxylation is 1. The Morgan fingerprint density at radius 1 is 1.07 bits per heavy atom. The van der Waals surface area contributed by atoms with E-state index >= 15 is 0 Å². The van der Waals surface area contributed by atoms with Gasteiger partial charge in [-0.3, -0.25) is 4.79 Å². The van der Waals surface area contributed by atoms with Crippen molar-refractivity contribution < 1.29 is 13.2 Å². The first kappa shape index (κ1) is 20.9. The van der Waals surface area contributed by atoms with Gasteiger partial charge in [-0.15, -0.1) is 0 Å². The molecule has 4 rings (SSSR count). The van der Waals surface area contributed by atoms with Crippen LogP contribution in [0.25, 0.3) is 6.08 Å². The molecule has 1 aliphatic heterocycles. The number of hydrogen-bond donors (Lipinski definition) is 1. The topological polar surface area (TPSA) is 71.4 Å². The molecule has 0 atom stereocenters. The number of aromatic nitrogens is 1. The second kappa shape index (κ2) is 8.40. The number of piperidine rings is 1. The van der Waals surface area contributed by atoms with Crippen LogP contribution in [0, 0.1) is 13.8 Å². The third-order valence-electron chi connectivity index (χ3n) is 5.92. The molecular weight excluding hydrogens is 398 g/mol. The zero-order valence-corrected chi connectivity index (χ0v) is 18.4. The predicted octanol–water partition coefficient (Wildman–Crippen LogP) is 4.27. The second-order valence-corrected chi connectivity index (χ2v) is 10.2. The maximum atomic E-state index is 12.7. The number of amides is 1. The van der Waals surface area contributed by atoms with Gasteiger partial charge >= 0.3 is 0 Å². The van der Waals surface area contributed by atoms with Crippen molar-refractivity contribution >= 4 is 27.7 Å². The number of hydrogen-bond acceptors (Lipinski definition) is 3. The quantitative estimate of drug-likeness (QED) is 0.700. The van der Waals surface area contributed by atoms with Crippen LogP contribution in [0.4, 0.5) is 5.69 Å². The van der Waals surface area contributed by atoms with Gasteiger partial charge in [-0.05, 0) is 81.5 Å². The van der Waals surface area contributed by atoms with Crippen LogP contribution in [0.3, 0.4) is 0 Å². The van der Waals surface area contributed by atoms with E-state index in [1.807, 2.05) is 6.08 Å². The Hall–Kier alpha value is -2.38.